The van der Waals surface area contributed by atoms with Crippen LogP contribution in [-0.4, -0.2) is 62.7 Å². The van der Waals surface area contributed by atoms with Gasteiger partial charge in [-0.3, -0.25) is 0 Å². The van der Waals surface area contributed by atoms with Gasteiger partial charge in [-0.15, -0.1) is 0 Å². The standard InChI is InChI=1S/C14H29N3/c1-15-14(13-6-3-4-7-13)12-17-9-5-8-16(2)10-11-17/h13-15H,3-12H2,1-2H3. The molecule has 1 aliphatic heterocycles. The first-order valence-electron chi connectivity index (χ1n) is 7.38. The van der Waals surface area contributed by atoms with Crippen LogP contribution in [0.3, 0.4) is 0 Å². The Labute approximate surface area is 107 Å². The first kappa shape index (κ1) is 13.3. The number of hydrogen-bond donors (Lipinski definition) is 1. The van der Waals surface area contributed by atoms with Gasteiger partial charge in [0.2, 0.25) is 0 Å². The molecular weight excluding hydrogens is 210 g/mol. The molecule has 1 atom stereocenters. The molecule has 1 saturated carbocycles. The highest BCUT2D eigenvalue weighted by Crippen LogP contribution is 2.28. The third kappa shape index (κ3) is 3.94. The molecule has 1 aliphatic carbocycles. The number of nitrogens with zero attached hydrogens (tertiary/aromatic N) is 2. The number of rotatable bonds is 4. The molecule has 1 saturated heterocycles. The Morgan fingerprint density at radius 2 is 1.82 bits per heavy atom. The summed E-state index contributed by atoms with van der Waals surface area (Å²) < 4.78 is 0. The van der Waals surface area contributed by atoms with Gasteiger partial charge in [0, 0.05) is 25.7 Å². The van der Waals surface area contributed by atoms with Crippen LogP contribution < -0.4 is 5.32 Å². The van der Waals surface area contributed by atoms with Crippen LogP contribution in [0.25, 0.3) is 0 Å². The molecule has 3 nitrogen and oxygen atoms in total. The second-order valence-corrected chi connectivity index (χ2v) is 5.90. The van der Waals surface area contributed by atoms with E-state index in [-0.39, 0.29) is 0 Å². The Kier molecular flexibility index (Phi) is 5.26. The lowest BCUT2D eigenvalue weighted by Crippen LogP contribution is -2.44. The second kappa shape index (κ2) is 6.72. The van der Waals surface area contributed by atoms with Crippen molar-refractivity contribution in [2.45, 2.75) is 38.1 Å². The van der Waals surface area contributed by atoms with Crippen molar-refractivity contribution in [3.8, 4) is 0 Å². The summed E-state index contributed by atoms with van der Waals surface area (Å²) in [5.74, 6) is 0.931. The fourth-order valence-corrected chi connectivity index (χ4v) is 3.40. The van der Waals surface area contributed by atoms with Gasteiger partial charge in [-0.25, -0.2) is 0 Å². The molecule has 2 aliphatic rings. The minimum Gasteiger partial charge on any atom is -0.315 e. The van der Waals surface area contributed by atoms with Crippen molar-refractivity contribution >= 4 is 0 Å². The lowest BCUT2D eigenvalue weighted by molar-refractivity contribution is 0.218. The minimum atomic E-state index is 0.723. The molecule has 17 heavy (non-hydrogen) atoms. The van der Waals surface area contributed by atoms with Crippen molar-refractivity contribution in [3.05, 3.63) is 0 Å². The zero-order valence-electron chi connectivity index (χ0n) is 11.6. The van der Waals surface area contributed by atoms with Crippen molar-refractivity contribution in [3.63, 3.8) is 0 Å². The molecule has 0 aromatic rings. The smallest absolute Gasteiger partial charge is 0.0220 e. The average Bonchev–Trinajstić information content (AvgIpc) is 2.78. The molecule has 0 bridgehead atoms. The van der Waals surface area contributed by atoms with Gasteiger partial charge >= 0.3 is 0 Å². The zero-order chi connectivity index (χ0) is 12.1. The summed E-state index contributed by atoms with van der Waals surface area (Å²) >= 11 is 0. The quantitative estimate of drug-likeness (QED) is 0.800. The maximum atomic E-state index is 3.57. The Hall–Kier alpha value is -0.120. The number of hydrogen-bond acceptors (Lipinski definition) is 3. The summed E-state index contributed by atoms with van der Waals surface area (Å²) in [5, 5.41) is 3.57. The van der Waals surface area contributed by atoms with Crippen molar-refractivity contribution in [2.24, 2.45) is 5.92 Å². The van der Waals surface area contributed by atoms with E-state index in [1.165, 1.54) is 64.8 Å². The van der Waals surface area contributed by atoms with Crippen LogP contribution in [0.4, 0.5) is 0 Å². The van der Waals surface area contributed by atoms with E-state index in [0.717, 1.165) is 12.0 Å². The van der Waals surface area contributed by atoms with Crippen molar-refractivity contribution < 1.29 is 0 Å². The van der Waals surface area contributed by atoms with E-state index in [4.69, 9.17) is 0 Å². The summed E-state index contributed by atoms with van der Waals surface area (Å²) in [5.41, 5.74) is 0. The largest absolute Gasteiger partial charge is 0.315 e. The van der Waals surface area contributed by atoms with Crippen molar-refractivity contribution in [2.75, 3.05) is 46.8 Å². The summed E-state index contributed by atoms with van der Waals surface area (Å²) in [6.45, 7) is 6.30. The Morgan fingerprint density at radius 3 is 2.53 bits per heavy atom. The Balaban J connectivity index is 1.80. The van der Waals surface area contributed by atoms with Crippen LogP contribution >= 0.6 is 0 Å². The van der Waals surface area contributed by atoms with Crippen LogP contribution in [0.1, 0.15) is 32.1 Å². The third-order valence-corrected chi connectivity index (χ3v) is 4.61. The molecule has 1 N–H and O–H groups in total. The molecule has 1 heterocycles. The van der Waals surface area contributed by atoms with Crippen LogP contribution in [0, 0.1) is 5.92 Å². The van der Waals surface area contributed by atoms with E-state index in [1.54, 1.807) is 0 Å². The fourth-order valence-electron chi connectivity index (χ4n) is 3.40. The predicted octanol–water partition coefficient (Wildman–Crippen LogP) is 1.40. The number of nitrogens with one attached hydrogen (secondary N) is 1. The molecule has 0 aromatic heterocycles. The topological polar surface area (TPSA) is 18.5 Å². The van der Waals surface area contributed by atoms with Crippen molar-refractivity contribution in [1.29, 1.82) is 0 Å². The SMILES string of the molecule is CNC(CN1CCCN(C)CC1)C1CCCC1. The molecule has 3 heteroatoms. The highest BCUT2D eigenvalue weighted by Gasteiger charge is 2.25. The molecule has 2 fully saturated rings. The molecule has 100 valence electrons. The van der Waals surface area contributed by atoms with Gasteiger partial charge in [0.25, 0.3) is 0 Å². The first-order valence-corrected chi connectivity index (χ1v) is 7.38. The van der Waals surface area contributed by atoms with Crippen LogP contribution in [0.5, 0.6) is 0 Å². The molecule has 0 amide bonds. The minimum absolute atomic E-state index is 0.723. The molecule has 1 unspecified atom stereocenters. The predicted molar refractivity (Wildman–Crippen MR) is 73.4 cm³/mol. The van der Waals surface area contributed by atoms with Crippen LogP contribution in [-0.2, 0) is 0 Å². The highest BCUT2D eigenvalue weighted by molar-refractivity contribution is 4.83. The molecule has 2 rings (SSSR count). The van der Waals surface area contributed by atoms with Gasteiger partial charge < -0.3 is 15.1 Å². The lowest BCUT2D eigenvalue weighted by atomic mass is 9.97. The number of likely N-dealkylation sites (N-methyl/N-ethyl adjacent to an activating group) is 2. The third-order valence-electron chi connectivity index (χ3n) is 4.61. The normalized spacial score (nSPS) is 27.2. The average molecular weight is 239 g/mol. The summed E-state index contributed by atoms with van der Waals surface area (Å²) in [7, 11) is 4.39. The van der Waals surface area contributed by atoms with E-state index in [1.807, 2.05) is 0 Å². The second-order valence-electron chi connectivity index (χ2n) is 5.90. The molecular formula is C14H29N3. The fraction of sp³-hybridized carbons (Fsp3) is 1.00. The van der Waals surface area contributed by atoms with Gasteiger partial charge in [-0.05, 0) is 52.4 Å². The van der Waals surface area contributed by atoms with E-state index < -0.39 is 0 Å². The zero-order valence-corrected chi connectivity index (χ0v) is 11.6. The van der Waals surface area contributed by atoms with Crippen molar-refractivity contribution in [1.82, 2.24) is 15.1 Å². The maximum absolute atomic E-state index is 3.57. The Morgan fingerprint density at radius 1 is 1.06 bits per heavy atom. The van der Waals surface area contributed by atoms with E-state index in [9.17, 15) is 0 Å². The Bertz CT molecular complexity index is 214. The maximum Gasteiger partial charge on any atom is 0.0220 e. The van der Waals surface area contributed by atoms with Gasteiger partial charge in [0.15, 0.2) is 0 Å². The summed E-state index contributed by atoms with van der Waals surface area (Å²) in [6, 6.07) is 0.723. The highest BCUT2D eigenvalue weighted by atomic mass is 15.2. The molecule has 0 spiro atoms. The van der Waals surface area contributed by atoms with Gasteiger partial charge in [0.1, 0.15) is 0 Å². The van der Waals surface area contributed by atoms with E-state index >= 15 is 0 Å². The summed E-state index contributed by atoms with van der Waals surface area (Å²) in [6.07, 6.45) is 7.12. The lowest BCUT2D eigenvalue weighted by Gasteiger charge is -2.29. The monoisotopic (exact) mass is 239 g/mol. The summed E-state index contributed by atoms with van der Waals surface area (Å²) in [4.78, 5) is 5.13. The van der Waals surface area contributed by atoms with Crippen LogP contribution in [0.2, 0.25) is 0 Å². The first-order chi connectivity index (χ1) is 8.29. The molecule has 0 radical (unpaired) electrons. The van der Waals surface area contributed by atoms with Crippen LogP contribution in [0.15, 0.2) is 0 Å². The van der Waals surface area contributed by atoms with E-state index in [0.29, 0.717) is 0 Å². The van der Waals surface area contributed by atoms with Gasteiger partial charge in [-0.1, -0.05) is 12.8 Å². The van der Waals surface area contributed by atoms with Gasteiger partial charge in [-0.2, -0.15) is 0 Å². The molecule has 0 aromatic carbocycles. The van der Waals surface area contributed by atoms with E-state index in [2.05, 4.69) is 29.2 Å². The van der Waals surface area contributed by atoms with Gasteiger partial charge in [0.05, 0.1) is 0 Å².